The highest BCUT2D eigenvalue weighted by molar-refractivity contribution is 14.2. The number of aromatic nitrogens is 2. The summed E-state index contributed by atoms with van der Waals surface area (Å²) in [5.74, 6) is -0.440. The molecule has 1 aromatic heterocycles. The number of amides is 1. The Morgan fingerprint density at radius 3 is 2.42 bits per heavy atom. The minimum Gasteiger partial charge on any atom is -0.481 e. The zero-order valence-electron chi connectivity index (χ0n) is 20.7. The van der Waals surface area contributed by atoms with Crippen molar-refractivity contribution < 1.29 is 19.4 Å². The number of hydrogen-bond donors (Lipinski definition) is 2. The Bertz CT molecular complexity index is 1540. The lowest BCUT2D eigenvalue weighted by molar-refractivity contribution is -0.140. The van der Waals surface area contributed by atoms with Crippen LogP contribution in [0, 0.1) is 10.5 Å². The summed E-state index contributed by atoms with van der Waals surface area (Å²) >= 11 is 5.75. The number of benzene rings is 3. The molecule has 1 aliphatic rings. The molecule has 0 atom stereocenters. The third-order valence-electron chi connectivity index (χ3n) is 6.51. The summed E-state index contributed by atoms with van der Waals surface area (Å²) in [5.41, 5.74) is 3.87. The van der Waals surface area contributed by atoms with E-state index in [1.165, 1.54) is 6.20 Å². The van der Waals surface area contributed by atoms with Gasteiger partial charge in [-0.3, -0.25) is 10.1 Å². The van der Waals surface area contributed by atoms with Crippen LogP contribution in [0.5, 0.6) is 0 Å². The largest absolute Gasteiger partial charge is 0.481 e. The molecular weight excluding hydrogens is 617 g/mol. The zero-order valence-corrected chi connectivity index (χ0v) is 23.7. The SMILES string of the molecule is CC(OC(=O)Nc1c(Cl)cnn1-c1ccc(-c2ccc(C3(C(=O)O)CC3)cc2C)cc1)=Ic1ccccc1. The molecule has 1 saturated carbocycles. The van der Waals surface area contributed by atoms with Crippen LogP contribution in [0.3, 0.4) is 0 Å². The summed E-state index contributed by atoms with van der Waals surface area (Å²) in [7, 11) is 0. The van der Waals surface area contributed by atoms with Crippen molar-refractivity contribution in [3.05, 3.63) is 98.7 Å². The van der Waals surface area contributed by atoms with Gasteiger partial charge in [-0.1, -0.05) is 60.1 Å². The summed E-state index contributed by atoms with van der Waals surface area (Å²) < 4.78 is 8.86. The Morgan fingerprint density at radius 1 is 1.08 bits per heavy atom. The van der Waals surface area contributed by atoms with Crippen molar-refractivity contribution in [1.29, 1.82) is 0 Å². The Morgan fingerprint density at radius 2 is 1.79 bits per heavy atom. The predicted octanol–water partition coefficient (Wildman–Crippen LogP) is 7.16. The van der Waals surface area contributed by atoms with E-state index in [2.05, 4.69) is 10.4 Å². The first kappa shape index (κ1) is 26.1. The van der Waals surface area contributed by atoms with Crippen LogP contribution >= 0.6 is 32.3 Å². The van der Waals surface area contributed by atoms with Crippen LogP contribution in [0.4, 0.5) is 10.6 Å². The summed E-state index contributed by atoms with van der Waals surface area (Å²) in [6.45, 7) is 3.79. The van der Waals surface area contributed by atoms with Crippen molar-refractivity contribution in [2.45, 2.75) is 32.1 Å². The molecule has 38 heavy (non-hydrogen) atoms. The Hall–Kier alpha value is -3.50. The lowest BCUT2D eigenvalue weighted by atomic mass is 9.91. The first-order chi connectivity index (χ1) is 18.3. The van der Waals surface area contributed by atoms with E-state index < -0.39 is 38.2 Å². The van der Waals surface area contributed by atoms with E-state index in [1.807, 2.05) is 79.7 Å². The van der Waals surface area contributed by atoms with Crippen LogP contribution in [-0.4, -0.2) is 30.6 Å². The number of nitrogens with one attached hydrogen (secondary N) is 1. The second kappa shape index (κ2) is 10.7. The van der Waals surface area contributed by atoms with Gasteiger partial charge in [0.15, 0.2) is 5.82 Å². The first-order valence-electron chi connectivity index (χ1n) is 12.0. The van der Waals surface area contributed by atoms with E-state index in [4.69, 9.17) is 16.3 Å². The van der Waals surface area contributed by atoms with Gasteiger partial charge in [0.05, 0.1) is 17.3 Å². The van der Waals surface area contributed by atoms with Crippen molar-refractivity contribution in [2.24, 2.45) is 0 Å². The molecule has 0 saturated heterocycles. The number of aryl methyl sites for hydroxylation is 1. The average molecular weight is 642 g/mol. The molecule has 194 valence electrons. The Kier molecular flexibility index (Phi) is 7.36. The van der Waals surface area contributed by atoms with Gasteiger partial charge in [0.2, 0.25) is 0 Å². The number of carbonyl (C=O) groups is 2. The van der Waals surface area contributed by atoms with Crippen molar-refractivity contribution in [1.82, 2.24) is 9.78 Å². The lowest BCUT2D eigenvalue weighted by Gasteiger charge is -2.14. The molecule has 2 N–H and O–H groups in total. The van der Waals surface area contributed by atoms with Gasteiger partial charge in [0.25, 0.3) is 0 Å². The zero-order chi connectivity index (χ0) is 26.9. The number of hydrogen-bond acceptors (Lipinski definition) is 4. The number of halogens is 2. The molecule has 1 heterocycles. The number of ether oxygens (including phenoxy) is 1. The summed E-state index contributed by atoms with van der Waals surface area (Å²) in [4.78, 5) is 24.3. The molecule has 7 nitrogen and oxygen atoms in total. The number of carboxylic acids is 1. The maximum absolute atomic E-state index is 12.6. The quantitative estimate of drug-likeness (QED) is 0.209. The number of carbonyl (C=O) groups excluding carboxylic acids is 1. The summed E-state index contributed by atoms with van der Waals surface area (Å²) in [6, 6.07) is 23.5. The van der Waals surface area contributed by atoms with Gasteiger partial charge >= 0.3 is 12.1 Å². The fraction of sp³-hybridized carbons (Fsp3) is 0.172. The number of anilines is 1. The van der Waals surface area contributed by atoms with E-state index in [-0.39, 0.29) is 0 Å². The number of nitrogens with zero attached hydrogens (tertiary/aromatic N) is 2. The summed E-state index contributed by atoms with van der Waals surface area (Å²) in [6.07, 6.45) is 2.21. The van der Waals surface area contributed by atoms with Gasteiger partial charge in [-0.2, -0.15) is 5.10 Å². The maximum atomic E-state index is 12.6. The molecule has 1 fully saturated rings. The van der Waals surface area contributed by atoms with Gasteiger partial charge in [-0.05, 0) is 93.9 Å². The molecular formula is C29H25ClIN3O4. The molecule has 5 rings (SSSR count). The van der Waals surface area contributed by atoms with Crippen LogP contribution < -0.4 is 5.32 Å². The van der Waals surface area contributed by atoms with Crippen molar-refractivity contribution in [2.75, 3.05) is 5.32 Å². The van der Waals surface area contributed by atoms with E-state index >= 15 is 0 Å². The molecule has 0 aliphatic heterocycles. The molecule has 0 bridgehead atoms. The van der Waals surface area contributed by atoms with Crippen LogP contribution in [0.25, 0.3) is 16.8 Å². The van der Waals surface area contributed by atoms with Gasteiger partial charge in [-0.15, -0.1) is 0 Å². The van der Waals surface area contributed by atoms with E-state index in [9.17, 15) is 14.7 Å². The van der Waals surface area contributed by atoms with Crippen LogP contribution in [0.1, 0.15) is 30.9 Å². The molecule has 3 aromatic carbocycles. The second-order valence-corrected chi connectivity index (χ2v) is 12.8. The minimum absolute atomic E-state index is 0.292. The molecule has 4 aromatic rings. The third-order valence-corrected chi connectivity index (χ3v) is 9.11. The Labute approximate surface area is 235 Å². The van der Waals surface area contributed by atoms with E-state index in [0.29, 0.717) is 33.1 Å². The highest BCUT2D eigenvalue weighted by atomic mass is 127. The average Bonchev–Trinajstić information content (AvgIpc) is 3.64. The smallest absolute Gasteiger partial charge is 0.418 e. The van der Waals surface area contributed by atoms with Crippen molar-refractivity contribution in [3.63, 3.8) is 0 Å². The number of carboxylic acid groups (broad SMARTS) is 1. The standard InChI is InChI=1S/C29H25ClIN3O4/c1-18-16-21(29(14-15-29)27(35)36)10-13-24(18)20-8-11-23(12-9-20)34-26(25(30)17-32-34)33-28(37)38-19(2)31-22-6-4-3-5-7-22/h3-13,16-17H,14-15H2,1-2H3,(H,33,37)(H,35,36). The van der Waals surface area contributed by atoms with Gasteiger partial charge in [0, 0.05) is 3.57 Å². The third kappa shape index (κ3) is 5.37. The monoisotopic (exact) mass is 641 g/mol. The van der Waals surface area contributed by atoms with Crippen LogP contribution in [-0.2, 0) is 14.9 Å². The first-order valence-corrected chi connectivity index (χ1v) is 14.5. The van der Waals surface area contributed by atoms with E-state index in [1.54, 1.807) is 11.6 Å². The van der Waals surface area contributed by atoms with Gasteiger partial charge in [0.1, 0.15) is 8.72 Å². The van der Waals surface area contributed by atoms with Crippen molar-refractivity contribution >= 4 is 53.9 Å². The highest BCUT2D eigenvalue weighted by Gasteiger charge is 2.51. The maximum Gasteiger partial charge on any atom is 0.418 e. The van der Waals surface area contributed by atoms with Crippen LogP contribution in [0.15, 0.2) is 79.0 Å². The lowest BCUT2D eigenvalue weighted by Crippen LogP contribution is -2.19. The minimum atomic E-state index is -0.758. The molecule has 0 radical (unpaired) electrons. The van der Waals surface area contributed by atoms with Gasteiger partial charge in [-0.25, -0.2) is 9.48 Å². The summed E-state index contributed by atoms with van der Waals surface area (Å²) in [5, 5.41) is 16.9. The predicted molar refractivity (Wildman–Crippen MR) is 157 cm³/mol. The molecule has 9 heteroatoms. The van der Waals surface area contributed by atoms with Gasteiger partial charge < -0.3 is 9.84 Å². The van der Waals surface area contributed by atoms with Crippen molar-refractivity contribution in [3.8, 4) is 16.8 Å². The molecule has 0 unspecified atom stereocenters. The molecule has 0 spiro atoms. The van der Waals surface area contributed by atoms with E-state index in [0.717, 1.165) is 25.8 Å². The normalized spacial score (nSPS) is 14.3. The fourth-order valence-corrected chi connectivity index (χ4v) is 6.49. The second-order valence-electron chi connectivity index (χ2n) is 9.09. The molecule has 1 amide bonds. The fourth-order valence-electron chi connectivity index (χ4n) is 4.36. The van der Waals surface area contributed by atoms with Crippen LogP contribution in [0.2, 0.25) is 5.02 Å². The topological polar surface area (TPSA) is 93.5 Å². The number of rotatable bonds is 7. The molecule has 1 aliphatic carbocycles. The highest BCUT2D eigenvalue weighted by Crippen LogP contribution is 2.49. The number of aliphatic carboxylic acids is 1. The Balaban J connectivity index is 1.32.